The number of phenols is 1. The van der Waals surface area contributed by atoms with E-state index in [0.29, 0.717) is 17.8 Å². The Labute approximate surface area is 117 Å². The normalized spacial score (nSPS) is 26.3. The molecular formula is C17H27NO. The highest BCUT2D eigenvalue weighted by Crippen LogP contribution is 2.26. The van der Waals surface area contributed by atoms with Crippen LogP contribution in [0.25, 0.3) is 0 Å². The van der Waals surface area contributed by atoms with Crippen molar-refractivity contribution in [3.05, 3.63) is 29.8 Å². The molecule has 1 aromatic rings. The molecule has 0 bridgehead atoms. The van der Waals surface area contributed by atoms with Crippen LogP contribution < -0.4 is 0 Å². The van der Waals surface area contributed by atoms with Crippen LogP contribution >= 0.6 is 0 Å². The fraction of sp³-hybridized carbons (Fsp3) is 0.647. The van der Waals surface area contributed by atoms with E-state index in [9.17, 15) is 5.11 Å². The van der Waals surface area contributed by atoms with Crippen LogP contribution in [-0.2, 0) is 6.42 Å². The number of aryl methyl sites for hydroxylation is 1. The third-order valence-corrected chi connectivity index (χ3v) is 4.78. The molecule has 1 fully saturated rings. The maximum absolute atomic E-state index is 9.29. The van der Waals surface area contributed by atoms with E-state index in [1.807, 2.05) is 12.1 Å². The van der Waals surface area contributed by atoms with E-state index in [1.165, 1.54) is 31.4 Å². The molecule has 1 saturated heterocycles. The Morgan fingerprint density at radius 1 is 1.26 bits per heavy atom. The monoisotopic (exact) mass is 261 g/mol. The molecule has 1 aliphatic heterocycles. The minimum atomic E-state index is 0.357. The summed E-state index contributed by atoms with van der Waals surface area (Å²) in [5.74, 6) is 1.18. The predicted octanol–water partition coefficient (Wildman–Crippen LogP) is 3.83. The number of phenolic OH excluding ortho intramolecular Hbond substituents is 1. The van der Waals surface area contributed by atoms with E-state index in [1.54, 1.807) is 12.1 Å². The Balaban J connectivity index is 1.86. The van der Waals surface area contributed by atoms with Gasteiger partial charge in [-0.05, 0) is 69.7 Å². The van der Waals surface area contributed by atoms with Gasteiger partial charge in [0.1, 0.15) is 5.75 Å². The maximum atomic E-state index is 9.29. The molecule has 2 rings (SSSR count). The molecule has 0 amide bonds. The summed E-state index contributed by atoms with van der Waals surface area (Å²) in [5.41, 5.74) is 1.32. The van der Waals surface area contributed by atoms with Crippen LogP contribution in [0.15, 0.2) is 24.3 Å². The smallest absolute Gasteiger partial charge is 0.115 e. The van der Waals surface area contributed by atoms with Crippen LogP contribution in [0.2, 0.25) is 0 Å². The average Bonchev–Trinajstić information content (AvgIpc) is 2.41. The molecule has 1 heterocycles. The van der Waals surface area contributed by atoms with E-state index < -0.39 is 0 Å². The summed E-state index contributed by atoms with van der Waals surface area (Å²) in [4.78, 5) is 2.68. The number of likely N-dealkylation sites (tertiary alicyclic amines) is 1. The van der Waals surface area contributed by atoms with Gasteiger partial charge in [0.05, 0.1) is 0 Å². The summed E-state index contributed by atoms with van der Waals surface area (Å²) in [6, 6.07) is 8.99. The summed E-state index contributed by atoms with van der Waals surface area (Å²) in [7, 11) is 0. The number of aromatic hydroxyl groups is 1. The zero-order valence-electron chi connectivity index (χ0n) is 12.5. The summed E-state index contributed by atoms with van der Waals surface area (Å²) in [6.07, 6.45) is 5.01. The van der Waals surface area contributed by atoms with Crippen molar-refractivity contribution in [2.75, 3.05) is 6.54 Å². The second kappa shape index (κ2) is 6.42. The van der Waals surface area contributed by atoms with Crippen molar-refractivity contribution in [3.63, 3.8) is 0 Å². The first-order chi connectivity index (χ1) is 9.08. The molecule has 0 saturated carbocycles. The molecule has 1 aromatic carbocycles. The number of piperidine rings is 1. The van der Waals surface area contributed by atoms with Crippen LogP contribution in [0.4, 0.5) is 0 Å². The van der Waals surface area contributed by atoms with Gasteiger partial charge < -0.3 is 5.11 Å². The lowest BCUT2D eigenvalue weighted by Crippen LogP contribution is -2.47. The molecule has 3 unspecified atom stereocenters. The topological polar surface area (TPSA) is 23.5 Å². The summed E-state index contributed by atoms with van der Waals surface area (Å²) < 4.78 is 0. The molecule has 3 atom stereocenters. The summed E-state index contributed by atoms with van der Waals surface area (Å²) in [6.45, 7) is 8.36. The lowest BCUT2D eigenvalue weighted by Gasteiger charge is -2.41. The fourth-order valence-electron chi connectivity index (χ4n) is 3.19. The van der Waals surface area contributed by atoms with E-state index in [2.05, 4.69) is 25.7 Å². The lowest BCUT2D eigenvalue weighted by atomic mass is 9.90. The van der Waals surface area contributed by atoms with Crippen LogP contribution in [0, 0.1) is 5.92 Å². The second-order valence-electron chi connectivity index (χ2n) is 6.15. The highest BCUT2D eigenvalue weighted by atomic mass is 16.3. The second-order valence-corrected chi connectivity index (χ2v) is 6.15. The molecule has 0 spiro atoms. The molecule has 0 aromatic heterocycles. The van der Waals surface area contributed by atoms with Gasteiger partial charge in [0.25, 0.3) is 0 Å². The van der Waals surface area contributed by atoms with Crippen LogP contribution in [0.5, 0.6) is 5.75 Å². The fourth-order valence-corrected chi connectivity index (χ4v) is 3.19. The number of hydrogen-bond donors (Lipinski definition) is 1. The van der Waals surface area contributed by atoms with Gasteiger partial charge >= 0.3 is 0 Å². The van der Waals surface area contributed by atoms with Crippen molar-refractivity contribution in [2.24, 2.45) is 5.92 Å². The van der Waals surface area contributed by atoms with E-state index in [-0.39, 0.29) is 0 Å². The number of nitrogens with zero attached hydrogens (tertiary/aromatic N) is 1. The van der Waals surface area contributed by atoms with E-state index in [0.717, 1.165) is 12.3 Å². The largest absolute Gasteiger partial charge is 0.508 e. The zero-order valence-corrected chi connectivity index (χ0v) is 12.5. The highest BCUT2D eigenvalue weighted by molar-refractivity contribution is 5.25. The zero-order chi connectivity index (χ0) is 13.8. The summed E-state index contributed by atoms with van der Waals surface area (Å²) >= 11 is 0. The van der Waals surface area contributed by atoms with Crippen molar-refractivity contribution in [3.8, 4) is 5.75 Å². The maximum Gasteiger partial charge on any atom is 0.115 e. The van der Waals surface area contributed by atoms with Crippen LogP contribution in [-0.4, -0.2) is 28.6 Å². The van der Waals surface area contributed by atoms with Gasteiger partial charge in [0.2, 0.25) is 0 Å². The molecule has 0 aliphatic carbocycles. The van der Waals surface area contributed by atoms with E-state index in [4.69, 9.17) is 0 Å². The molecule has 2 nitrogen and oxygen atoms in total. The lowest BCUT2D eigenvalue weighted by molar-refractivity contribution is 0.0719. The average molecular weight is 261 g/mol. The highest BCUT2D eigenvalue weighted by Gasteiger charge is 2.27. The van der Waals surface area contributed by atoms with Crippen molar-refractivity contribution < 1.29 is 5.11 Å². The van der Waals surface area contributed by atoms with Gasteiger partial charge in [0.15, 0.2) is 0 Å². The van der Waals surface area contributed by atoms with Crippen molar-refractivity contribution >= 4 is 0 Å². The first kappa shape index (κ1) is 14.4. The third kappa shape index (κ3) is 3.73. The number of rotatable bonds is 4. The molecule has 1 N–H and O–H groups in total. The van der Waals surface area contributed by atoms with Gasteiger partial charge in [0, 0.05) is 12.1 Å². The standard InChI is InChI=1S/C17H27NO/c1-13-5-4-12-18(15(13)3)14(2)6-7-16-8-10-17(19)11-9-16/h8-11,13-15,19H,4-7,12H2,1-3H3. The van der Waals surface area contributed by atoms with Crippen molar-refractivity contribution in [1.29, 1.82) is 0 Å². The van der Waals surface area contributed by atoms with Crippen molar-refractivity contribution in [1.82, 2.24) is 4.90 Å². The minimum absolute atomic E-state index is 0.357. The molecule has 19 heavy (non-hydrogen) atoms. The minimum Gasteiger partial charge on any atom is -0.508 e. The predicted molar refractivity (Wildman–Crippen MR) is 80.5 cm³/mol. The number of benzene rings is 1. The molecular weight excluding hydrogens is 234 g/mol. The Morgan fingerprint density at radius 3 is 2.63 bits per heavy atom. The quantitative estimate of drug-likeness (QED) is 0.890. The third-order valence-electron chi connectivity index (χ3n) is 4.78. The Bertz CT molecular complexity index is 387. The number of hydrogen-bond acceptors (Lipinski definition) is 2. The van der Waals surface area contributed by atoms with Gasteiger partial charge in [-0.3, -0.25) is 4.90 Å². The van der Waals surface area contributed by atoms with E-state index >= 15 is 0 Å². The first-order valence-corrected chi connectivity index (χ1v) is 7.61. The first-order valence-electron chi connectivity index (χ1n) is 7.61. The molecule has 1 aliphatic rings. The Hall–Kier alpha value is -1.02. The molecule has 0 radical (unpaired) electrons. The van der Waals surface area contributed by atoms with Gasteiger partial charge in [-0.25, -0.2) is 0 Å². The van der Waals surface area contributed by atoms with Gasteiger partial charge in [-0.1, -0.05) is 19.1 Å². The molecule has 2 heteroatoms. The van der Waals surface area contributed by atoms with Gasteiger partial charge in [-0.2, -0.15) is 0 Å². The Kier molecular flexibility index (Phi) is 4.87. The van der Waals surface area contributed by atoms with Crippen molar-refractivity contribution in [2.45, 2.75) is 58.5 Å². The SMILES string of the molecule is CC1CCCN(C(C)CCc2ccc(O)cc2)C1C. The molecule has 106 valence electrons. The van der Waals surface area contributed by atoms with Gasteiger partial charge in [-0.15, -0.1) is 0 Å². The van der Waals surface area contributed by atoms with Crippen LogP contribution in [0.1, 0.15) is 45.6 Å². The Morgan fingerprint density at radius 2 is 1.95 bits per heavy atom. The summed E-state index contributed by atoms with van der Waals surface area (Å²) in [5, 5.41) is 9.29. The van der Waals surface area contributed by atoms with Crippen LogP contribution in [0.3, 0.4) is 0 Å².